The van der Waals surface area contributed by atoms with Crippen molar-refractivity contribution in [3.05, 3.63) is 24.0 Å². The molecule has 1 fully saturated rings. The molecule has 0 bridgehead atoms. The highest BCUT2D eigenvalue weighted by molar-refractivity contribution is 5.59. The topological polar surface area (TPSA) is 38.5 Å². The lowest BCUT2D eigenvalue weighted by Gasteiger charge is -2.33. The summed E-state index contributed by atoms with van der Waals surface area (Å²) in [5, 5.41) is 0. The van der Waals surface area contributed by atoms with Crippen LogP contribution in [0.25, 0.3) is 0 Å². The Morgan fingerprint density at radius 3 is 2.89 bits per heavy atom. The second-order valence-corrected chi connectivity index (χ2v) is 4.66. The van der Waals surface area contributed by atoms with E-state index in [4.69, 9.17) is 10.5 Å². The van der Waals surface area contributed by atoms with Gasteiger partial charge in [-0.2, -0.15) is 0 Å². The first-order chi connectivity index (χ1) is 9.06. The lowest BCUT2D eigenvalue weighted by molar-refractivity contribution is 0.0820. The number of alkyl halides is 2. The molecule has 0 aromatic heterocycles. The van der Waals surface area contributed by atoms with E-state index < -0.39 is 18.8 Å². The van der Waals surface area contributed by atoms with Crippen LogP contribution < -0.4 is 15.4 Å². The number of nitrogens with zero attached hydrogens (tertiary/aromatic N) is 1. The monoisotopic (exact) mass is 274 g/mol. The molecule has 1 aromatic rings. The van der Waals surface area contributed by atoms with Crippen LogP contribution in [-0.2, 0) is 0 Å². The third-order valence-corrected chi connectivity index (χ3v) is 3.08. The predicted octanol–water partition coefficient (Wildman–Crippen LogP) is 2.40. The maximum atomic E-state index is 13.3. The molecule has 1 unspecified atom stereocenters. The molecule has 3 nitrogen and oxygen atoms in total. The molecule has 6 heteroatoms. The predicted molar refractivity (Wildman–Crippen MR) is 67.3 cm³/mol. The Balaban J connectivity index is 2.18. The van der Waals surface area contributed by atoms with Crippen molar-refractivity contribution < 1.29 is 17.9 Å². The molecule has 19 heavy (non-hydrogen) atoms. The molecule has 1 aliphatic rings. The smallest absolute Gasteiger partial charge is 0.272 e. The van der Waals surface area contributed by atoms with Crippen LogP contribution >= 0.6 is 0 Å². The Labute approximate surface area is 110 Å². The minimum atomic E-state index is -2.55. The molecule has 2 N–H and O–H groups in total. The summed E-state index contributed by atoms with van der Waals surface area (Å²) in [7, 11) is 0. The standard InChI is InChI=1S/C13H17F3N2O/c14-9-3-4-12(19-8-13(15)16)11(6-9)18-5-1-2-10(17)7-18/h3-4,6,10,13H,1-2,5,7-8,17H2. The number of ether oxygens (including phenoxy) is 1. The Bertz CT molecular complexity index is 428. The minimum Gasteiger partial charge on any atom is -0.485 e. The maximum absolute atomic E-state index is 13.3. The van der Waals surface area contributed by atoms with E-state index in [-0.39, 0.29) is 11.8 Å². The summed E-state index contributed by atoms with van der Waals surface area (Å²) in [6, 6.07) is 3.90. The maximum Gasteiger partial charge on any atom is 0.272 e. The number of hydrogen-bond donors (Lipinski definition) is 1. The quantitative estimate of drug-likeness (QED) is 0.916. The van der Waals surface area contributed by atoms with Crippen molar-refractivity contribution in [3.8, 4) is 5.75 Å². The summed E-state index contributed by atoms with van der Waals surface area (Å²) in [5.41, 5.74) is 6.37. The van der Waals surface area contributed by atoms with Crippen LogP contribution in [0.2, 0.25) is 0 Å². The number of nitrogens with two attached hydrogens (primary N) is 1. The molecule has 0 spiro atoms. The molecule has 1 aliphatic heterocycles. The highest BCUT2D eigenvalue weighted by Crippen LogP contribution is 2.31. The Morgan fingerprint density at radius 2 is 2.21 bits per heavy atom. The number of benzene rings is 1. The normalized spacial score (nSPS) is 19.8. The van der Waals surface area contributed by atoms with Crippen LogP contribution in [0.3, 0.4) is 0 Å². The van der Waals surface area contributed by atoms with Gasteiger partial charge in [0.25, 0.3) is 6.43 Å². The van der Waals surface area contributed by atoms with Crippen LogP contribution in [0.1, 0.15) is 12.8 Å². The largest absolute Gasteiger partial charge is 0.485 e. The average molecular weight is 274 g/mol. The first-order valence-electron chi connectivity index (χ1n) is 6.27. The first kappa shape index (κ1) is 14.0. The molecule has 1 heterocycles. The van der Waals surface area contributed by atoms with Crippen LogP contribution in [0.4, 0.5) is 18.9 Å². The third kappa shape index (κ3) is 3.76. The minimum absolute atomic E-state index is 0.0139. The average Bonchev–Trinajstić information content (AvgIpc) is 2.37. The SMILES string of the molecule is NC1CCCN(c2cc(F)ccc2OCC(F)F)C1. The molecule has 0 saturated carbocycles. The summed E-state index contributed by atoms with van der Waals surface area (Å²) < 4.78 is 42.8. The van der Waals surface area contributed by atoms with Gasteiger partial charge < -0.3 is 15.4 Å². The van der Waals surface area contributed by atoms with Gasteiger partial charge in [-0.05, 0) is 25.0 Å². The van der Waals surface area contributed by atoms with Gasteiger partial charge in [-0.3, -0.25) is 0 Å². The molecule has 106 valence electrons. The van der Waals surface area contributed by atoms with E-state index in [9.17, 15) is 13.2 Å². The van der Waals surface area contributed by atoms with E-state index in [1.54, 1.807) is 0 Å². The summed E-state index contributed by atoms with van der Waals surface area (Å²) >= 11 is 0. The van der Waals surface area contributed by atoms with Crippen LogP contribution in [0.15, 0.2) is 18.2 Å². The molecule has 1 aromatic carbocycles. The van der Waals surface area contributed by atoms with Gasteiger partial charge in [0.15, 0.2) is 0 Å². The summed E-state index contributed by atoms with van der Waals surface area (Å²) in [6.45, 7) is 0.606. The van der Waals surface area contributed by atoms with E-state index >= 15 is 0 Å². The van der Waals surface area contributed by atoms with Gasteiger partial charge in [0.1, 0.15) is 18.2 Å². The van der Waals surface area contributed by atoms with E-state index in [1.165, 1.54) is 18.2 Å². The van der Waals surface area contributed by atoms with Gasteiger partial charge in [0.05, 0.1) is 5.69 Å². The van der Waals surface area contributed by atoms with Crippen LogP contribution in [0.5, 0.6) is 5.75 Å². The summed E-state index contributed by atoms with van der Waals surface area (Å²) in [5.74, 6) is -0.144. The van der Waals surface area contributed by atoms with E-state index in [2.05, 4.69) is 0 Å². The molecule has 0 amide bonds. The number of halogens is 3. The fourth-order valence-electron chi connectivity index (χ4n) is 2.24. The molecule has 0 aliphatic carbocycles. The zero-order valence-corrected chi connectivity index (χ0v) is 10.5. The lowest BCUT2D eigenvalue weighted by atomic mass is 10.1. The fourth-order valence-corrected chi connectivity index (χ4v) is 2.24. The highest BCUT2D eigenvalue weighted by atomic mass is 19.3. The molecule has 1 saturated heterocycles. The van der Waals surface area contributed by atoms with Crippen molar-refractivity contribution >= 4 is 5.69 Å². The van der Waals surface area contributed by atoms with Crippen molar-refractivity contribution in [2.45, 2.75) is 25.3 Å². The summed E-state index contributed by atoms with van der Waals surface area (Å²) in [6.07, 6.45) is -0.744. The zero-order chi connectivity index (χ0) is 13.8. The molecular weight excluding hydrogens is 257 g/mol. The van der Waals surface area contributed by atoms with Gasteiger partial charge in [0, 0.05) is 25.2 Å². The number of hydrogen-bond acceptors (Lipinski definition) is 3. The van der Waals surface area contributed by atoms with Crippen LogP contribution in [-0.4, -0.2) is 32.2 Å². The van der Waals surface area contributed by atoms with E-state index in [1.807, 2.05) is 4.90 Å². The first-order valence-corrected chi connectivity index (χ1v) is 6.27. The Hall–Kier alpha value is -1.43. The van der Waals surface area contributed by atoms with Gasteiger partial charge in [0.2, 0.25) is 0 Å². The number of rotatable bonds is 4. The Kier molecular flexibility index (Phi) is 4.52. The van der Waals surface area contributed by atoms with Crippen LogP contribution in [0, 0.1) is 5.82 Å². The molecular formula is C13H17F3N2O. The van der Waals surface area contributed by atoms with Gasteiger partial charge in [-0.25, -0.2) is 13.2 Å². The van der Waals surface area contributed by atoms with Crippen molar-refractivity contribution in [2.75, 3.05) is 24.6 Å². The zero-order valence-electron chi connectivity index (χ0n) is 10.5. The van der Waals surface area contributed by atoms with Gasteiger partial charge in [-0.15, -0.1) is 0 Å². The van der Waals surface area contributed by atoms with Crippen molar-refractivity contribution in [2.24, 2.45) is 5.73 Å². The van der Waals surface area contributed by atoms with Crippen molar-refractivity contribution in [3.63, 3.8) is 0 Å². The van der Waals surface area contributed by atoms with E-state index in [0.29, 0.717) is 12.2 Å². The van der Waals surface area contributed by atoms with Gasteiger partial charge >= 0.3 is 0 Å². The lowest BCUT2D eigenvalue weighted by Crippen LogP contribution is -2.43. The fraction of sp³-hybridized carbons (Fsp3) is 0.538. The highest BCUT2D eigenvalue weighted by Gasteiger charge is 2.21. The summed E-state index contributed by atoms with van der Waals surface area (Å²) in [4.78, 5) is 1.89. The van der Waals surface area contributed by atoms with E-state index in [0.717, 1.165) is 19.4 Å². The molecule has 2 rings (SSSR count). The van der Waals surface area contributed by atoms with Crippen molar-refractivity contribution in [1.29, 1.82) is 0 Å². The number of piperidine rings is 1. The second-order valence-electron chi connectivity index (χ2n) is 4.66. The molecule has 0 radical (unpaired) electrons. The third-order valence-electron chi connectivity index (χ3n) is 3.08. The second kappa shape index (κ2) is 6.14. The molecule has 1 atom stereocenters. The Morgan fingerprint density at radius 1 is 1.42 bits per heavy atom. The van der Waals surface area contributed by atoms with Gasteiger partial charge in [-0.1, -0.05) is 0 Å². The van der Waals surface area contributed by atoms with Crippen molar-refractivity contribution in [1.82, 2.24) is 0 Å². The number of anilines is 1.